The topological polar surface area (TPSA) is 38.6 Å². The van der Waals surface area contributed by atoms with Gasteiger partial charge in [0.15, 0.2) is 0 Å². The molecule has 4 nitrogen and oxygen atoms in total. The molecule has 96 valence electrons. The summed E-state index contributed by atoms with van der Waals surface area (Å²) in [6, 6.07) is 6.02. The Hall–Kier alpha value is -1.39. The fourth-order valence-corrected chi connectivity index (χ4v) is 2.45. The molecule has 2 aromatic heterocycles. The summed E-state index contributed by atoms with van der Waals surface area (Å²) in [6.45, 7) is 3.69. The molecule has 1 atom stereocenters. The van der Waals surface area contributed by atoms with Crippen LogP contribution in [0.3, 0.4) is 0 Å². The first kappa shape index (κ1) is 11.7. The van der Waals surface area contributed by atoms with Crippen LogP contribution in [0.2, 0.25) is 0 Å². The zero-order valence-corrected chi connectivity index (χ0v) is 10.5. The highest BCUT2D eigenvalue weighted by molar-refractivity contribution is 5.39. The predicted octanol–water partition coefficient (Wildman–Crippen LogP) is 1.85. The minimum atomic E-state index is 0.609. The van der Waals surface area contributed by atoms with Crippen molar-refractivity contribution >= 4 is 5.65 Å². The van der Waals surface area contributed by atoms with E-state index in [1.165, 1.54) is 12.8 Å². The summed E-state index contributed by atoms with van der Waals surface area (Å²) in [6.07, 6.45) is 6.59. The fourth-order valence-electron chi connectivity index (χ4n) is 2.45. The third kappa shape index (κ3) is 2.71. The van der Waals surface area contributed by atoms with E-state index in [1.807, 2.05) is 35.0 Å². The van der Waals surface area contributed by atoms with E-state index in [-0.39, 0.29) is 0 Å². The molecule has 1 aliphatic heterocycles. The van der Waals surface area contributed by atoms with Gasteiger partial charge in [0.1, 0.15) is 5.65 Å². The molecular weight excluding hydrogens is 226 g/mol. The van der Waals surface area contributed by atoms with Gasteiger partial charge in [0.2, 0.25) is 0 Å². The van der Waals surface area contributed by atoms with Crippen molar-refractivity contribution in [2.75, 3.05) is 19.7 Å². The predicted molar refractivity (Wildman–Crippen MR) is 70.4 cm³/mol. The van der Waals surface area contributed by atoms with Crippen LogP contribution < -0.4 is 5.32 Å². The third-order valence-corrected chi connectivity index (χ3v) is 3.42. The number of aromatic nitrogens is 2. The van der Waals surface area contributed by atoms with Gasteiger partial charge in [-0.15, -0.1) is 0 Å². The minimum absolute atomic E-state index is 0.609. The largest absolute Gasteiger partial charge is 0.375 e. The van der Waals surface area contributed by atoms with Gasteiger partial charge in [-0.1, -0.05) is 6.07 Å². The molecule has 0 spiro atoms. The molecule has 3 heterocycles. The quantitative estimate of drug-likeness (QED) is 0.893. The van der Waals surface area contributed by atoms with Crippen LogP contribution in [0.25, 0.3) is 5.65 Å². The number of ether oxygens (including phenoxy) is 1. The average molecular weight is 245 g/mol. The van der Waals surface area contributed by atoms with Crippen molar-refractivity contribution in [3.8, 4) is 0 Å². The Morgan fingerprint density at radius 2 is 2.44 bits per heavy atom. The molecule has 0 aliphatic carbocycles. The van der Waals surface area contributed by atoms with E-state index in [1.54, 1.807) is 0 Å². The SMILES string of the molecule is c1ccn2cc(COCC3CCCNC3)nc2c1. The van der Waals surface area contributed by atoms with Gasteiger partial charge in [-0.25, -0.2) is 4.98 Å². The Labute approximate surface area is 107 Å². The highest BCUT2D eigenvalue weighted by Crippen LogP contribution is 2.11. The third-order valence-electron chi connectivity index (χ3n) is 3.42. The molecule has 1 fully saturated rings. The standard InChI is InChI=1S/C14H19N3O/c1-2-7-17-9-13(16-14(17)5-1)11-18-10-12-4-3-6-15-8-12/h1-2,5,7,9,12,15H,3-4,6,8,10-11H2. The van der Waals surface area contributed by atoms with E-state index in [4.69, 9.17) is 4.74 Å². The van der Waals surface area contributed by atoms with Gasteiger partial charge in [-0.05, 0) is 37.4 Å². The van der Waals surface area contributed by atoms with Crippen LogP contribution in [-0.2, 0) is 11.3 Å². The van der Waals surface area contributed by atoms with Gasteiger partial charge in [0.25, 0.3) is 0 Å². The van der Waals surface area contributed by atoms with Crippen LogP contribution in [0.5, 0.6) is 0 Å². The number of hydrogen-bond acceptors (Lipinski definition) is 3. The number of hydrogen-bond donors (Lipinski definition) is 1. The fraction of sp³-hybridized carbons (Fsp3) is 0.500. The summed E-state index contributed by atoms with van der Waals surface area (Å²) >= 11 is 0. The van der Waals surface area contributed by atoms with Crippen molar-refractivity contribution < 1.29 is 4.74 Å². The lowest BCUT2D eigenvalue weighted by Gasteiger charge is -2.22. The lowest BCUT2D eigenvalue weighted by molar-refractivity contribution is 0.0766. The first-order valence-electron chi connectivity index (χ1n) is 6.63. The van der Waals surface area contributed by atoms with Crippen molar-refractivity contribution in [1.29, 1.82) is 0 Å². The summed E-state index contributed by atoms with van der Waals surface area (Å²) in [5, 5.41) is 3.41. The number of piperidine rings is 1. The number of nitrogens with zero attached hydrogens (tertiary/aromatic N) is 2. The normalized spacial score (nSPS) is 20.3. The number of imidazole rings is 1. The van der Waals surface area contributed by atoms with Gasteiger partial charge in [-0.2, -0.15) is 0 Å². The maximum atomic E-state index is 5.77. The van der Waals surface area contributed by atoms with Crippen LogP contribution in [0.1, 0.15) is 18.5 Å². The number of fused-ring (bicyclic) bond motifs is 1. The van der Waals surface area contributed by atoms with E-state index in [0.29, 0.717) is 12.5 Å². The molecule has 1 N–H and O–H groups in total. The van der Waals surface area contributed by atoms with Crippen LogP contribution in [-0.4, -0.2) is 29.1 Å². The highest BCUT2D eigenvalue weighted by Gasteiger charge is 2.13. The Morgan fingerprint density at radius 3 is 3.28 bits per heavy atom. The molecule has 0 bridgehead atoms. The van der Waals surface area contributed by atoms with Crippen LogP contribution in [0.4, 0.5) is 0 Å². The molecule has 2 aromatic rings. The molecule has 1 unspecified atom stereocenters. The van der Waals surface area contributed by atoms with Crippen molar-refractivity contribution in [2.45, 2.75) is 19.4 Å². The molecule has 1 aliphatic rings. The minimum Gasteiger partial charge on any atom is -0.375 e. The molecule has 0 radical (unpaired) electrons. The van der Waals surface area contributed by atoms with Gasteiger partial charge in [0, 0.05) is 18.9 Å². The van der Waals surface area contributed by atoms with Gasteiger partial charge < -0.3 is 14.5 Å². The van der Waals surface area contributed by atoms with Crippen molar-refractivity contribution in [3.05, 3.63) is 36.3 Å². The van der Waals surface area contributed by atoms with Crippen molar-refractivity contribution in [3.63, 3.8) is 0 Å². The van der Waals surface area contributed by atoms with E-state index in [0.717, 1.165) is 31.0 Å². The van der Waals surface area contributed by atoms with E-state index < -0.39 is 0 Å². The van der Waals surface area contributed by atoms with E-state index in [9.17, 15) is 0 Å². The van der Waals surface area contributed by atoms with Crippen LogP contribution in [0, 0.1) is 5.92 Å². The highest BCUT2D eigenvalue weighted by atomic mass is 16.5. The first-order chi connectivity index (χ1) is 8.92. The summed E-state index contributed by atoms with van der Waals surface area (Å²) in [5.74, 6) is 0.663. The molecule has 4 heteroatoms. The Kier molecular flexibility index (Phi) is 3.57. The smallest absolute Gasteiger partial charge is 0.137 e. The second-order valence-electron chi connectivity index (χ2n) is 4.93. The van der Waals surface area contributed by atoms with Crippen LogP contribution in [0.15, 0.2) is 30.6 Å². The molecule has 0 aromatic carbocycles. The van der Waals surface area contributed by atoms with Gasteiger partial charge in [-0.3, -0.25) is 0 Å². The lowest BCUT2D eigenvalue weighted by Crippen LogP contribution is -2.32. The first-order valence-corrected chi connectivity index (χ1v) is 6.63. The Bertz CT molecular complexity index is 469. The molecule has 3 rings (SSSR count). The monoisotopic (exact) mass is 245 g/mol. The summed E-state index contributed by atoms with van der Waals surface area (Å²) in [4.78, 5) is 4.52. The summed E-state index contributed by atoms with van der Waals surface area (Å²) in [7, 11) is 0. The summed E-state index contributed by atoms with van der Waals surface area (Å²) < 4.78 is 7.80. The van der Waals surface area contributed by atoms with Crippen molar-refractivity contribution in [2.24, 2.45) is 5.92 Å². The van der Waals surface area contributed by atoms with E-state index in [2.05, 4.69) is 10.3 Å². The Balaban J connectivity index is 1.53. The average Bonchev–Trinajstić information content (AvgIpc) is 2.82. The summed E-state index contributed by atoms with van der Waals surface area (Å²) in [5.41, 5.74) is 1.99. The molecule has 0 saturated carbocycles. The maximum absolute atomic E-state index is 5.77. The maximum Gasteiger partial charge on any atom is 0.137 e. The van der Waals surface area contributed by atoms with Crippen molar-refractivity contribution in [1.82, 2.24) is 14.7 Å². The molecule has 1 saturated heterocycles. The molecule has 18 heavy (non-hydrogen) atoms. The van der Waals surface area contributed by atoms with Gasteiger partial charge in [0.05, 0.1) is 18.9 Å². The van der Waals surface area contributed by atoms with Crippen LogP contribution >= 0.6 is 0 Å². The number of nitrogens with one attached hydrogen (secondary N) is 1. The molecular formula is C14H19N3O. The lowest BCUT2D eigenvalue weighted by atomic mass is 10.0. The zero-order chi connectivity index (χ0) is 12.2. The second kappa shape index (κ2) is 5.50. The second-order valence-corrected chi connectivity index (χ2v) is 4.93. The zero-order valence-electron chi connectivity index (χ0n) is 10.5. The van der Waals surface area contributed by atoms with E-state index >= 15 is 0 Å². The number of pyridine rings is 1. The Morgan fingerprint density at radius 1 is 1.44 bits per heavy atom. The molecule has 0 amide bonds. The number of rotatable bonds is 4. The van der Waals surface area contributed by atoms with Gasteiger partial charge >= 0.3 is 0 Å².